The number of rotatable bonds is 4. The van der Waals surface area contributed by atoms with E-state index in [4.69, 9.17) is 10.5 Å². The highest BCUT2D eigenvalue weighted by atomic mass is 16.5. The molecule has 2 rings (SSSR count). The predicted octanol–water partition coefficient (Wildman–Crippen LogP) is 3.20. The second-order valence-electron chi connectivity index (χ2n) is 7.24. The van der Waals surface area contributed by atoms with Gasteiger partial charge in [0.15, 0.2) is 0 Å². The van der Waals surface area contributed by atoms with Crippen molar-refractivity contribution in [2.45, 2.75) is 82.8 Å². The fourth-order valence-electron chi connectivity index (χ4n) is 3.50. The largest absolute Gasteiger partial charge is 0.375 e. The van der Waals surface area contributed by atoms with Crippen LogP contribution in [0.15, 0.2) is 0 Å². The maximum absolute atomic E-state index is 12.4. The molecule has 1 heterocycles. The van der Waals surface area contributed by atoms with Crippen LogP contribution >= 0.6 is 0 Å². The van der Waals surface area contributed by atoms with Gasteiger partial charge in [-0.1, -0.05) is 19.3 Å². The highest BCUT2D eigenvalue weighted by Gasteiger charge is 2.40. The molecule has 0 aromatic rings. The Morgan fingerprint density at radius 1 is 1.32 bits per heavy atom. The van der Waals surface area contributed by atoms with Crippen molar-refractivity contribution in [3.05, 3.63) is 0 Å². The Hall–Kier alpha value is -0.410. The van der Waals surface area contributed by atoms with Gasteiger partial charge in [-0.25, -0.2) is 0 Å². The molecule has 0 aromatic carbocycles. The van der Waals surface area contributed by atoms with Crippen molar-refractivity contribution in [3.8, 4) is 0 Å². The zero-order chi connectivity index (χ0) is 13.9. The van der Waals surface area contributed by atoms with Crippen LogP contribution in [0.1, 0.15) is 71.6 Å². The third-order valence-electron chi connectivity index (χ3n) is 4.73. The maximum atomic E-state index is 12.4. The van der Waals surface area contributed by atoms with E-state index in [1.165, 1.54) is 19.3 Å². The Bertz CT molecular complexity index is 308. The molecule has 2 fully saturated rings. The first-order valence-electron chi connectivity index (χ1n) is 7.86. The second kappa shape index (κ2) is 5.92. The van der Waals surface area contributed by atoms with Gasteiger partial charge < -0.3 is 10.5 Å². The number of Topliss-reactive ketones (excluding diaryl/α,β-unsaturated/α-hetero) is 1. The van der Waals surface area contributed by atoms with E-state index in [1.54, 1.807) is 0 Å². The molecule has 1 aliphatic heterocycles. The van der Waals surface area contributed by atoms with E-state index >= 15 is 0 Å². The Kier molecular flexibility index (Phi) is 4.67. The van der Waals surface area contributed by atoms with Gasteiger partial charge in [-0.3, -0.25) is 4.79 Å². The van der Waals surface area contributed by atoms with Crippen LogP contribution in [0.3, 0.4) is 0 Å². The zero-order valence-corrected chi connectivity index (χ0v) is 12.5. The van der Waals surface area contributed by atoms with Gasteiger partial charge in [-0.05, 0) is 46.0 Å². The van der Waals surface area contributed by atoms with Gasteiger partial charge in [0.1, 0.15) is 5.78 Å². The molecule has 1 unspecified atom stereocenters. The molecule has 1 spiro atoms. The lowest BCUT2D eigenvalue weighted by Crippen LogP contribution is -2.43. The van der Waals surface area contributed by atoms with Crippen molar-refractivity contribution in [1.29, 1.82) is 0 Å². The van der Waals surface area contributed by atoms with Gasteiger partial charge in [-0.2, -0.15) is 0 Å². The summed E-state index contributed by atoms with van der Waals surface area (Å²) in [7, 11) is 0. The van der Waals surface area contributed by atoms with Crippen molar-refractivity contribution >= 4 is 5.78 Å². The minimum absolute atomic E-state index is 0.0368. The molecule has 19 heavy (non-hydrogen) atoms. The molecule has 1 saturated carbocycles. The van der Waals surface area contributed by atoms with Crippen LogP contribution in [0.4, 0.5) is 0 Å². The molecule has 3 heteroatoms. The lowest BCUT2D eigenvalue weighted by Gasteiger charge is -2.43. The number of hydrogen-bond donors (Lipinski definition) is 1. The van der Waals surface area contributed by atoms with Crippen LogP contribution in [0.2, 0.25) is 0 Å². The van der Waals surface area contributed by atoms with E-state index in [0.29, 0.717) is 12.2 Å². The third-order valence-corrected chi connectivity index (χ3v) is 4.73. The van der Waals surface area contributed by atoms with Crippen molar-refractivity contribution < 1.29 is 9.53 Å². The quantitative estimate of drug-likeness (QED) is 0.851. The van der Waals surface area contributed by atoms with E-state index in [2.05, 4.69) is 0 Å². The molecule has 0 radical (unpaired) electrons. The van der Waals surface area contributed by atoms with Crippen molar-refractivity contribution in [1.82, 2.24) is 0 Å². The molecule has 1 aliphatic carbocycles. The van der Waals surface area contributed by atoms with Crippen LogP contribution in [0.25, 0.3) is 0 Å². The first-order valence-corrected chi connectivity index (χ1v) is 7.86. The molecule has 2 aliphatic rings. The molecule has 0 bridgehead atoms. The van der Waals surface area contributed by atoms with E-state index in [9.17, 15) is 4.79 Å². The normalized spacial score (nSPS) is 27.4. The molecule has 0 aromatic heterocycles. The summed E-state index contributed by atoms with van der Waals surface area (Å²) in [6, 6.07) is 0. The lowest BCUT2D eigenvalue weighted by molar-refractivity contribution is -0.143. The summed E-state index contributed by atoms with van der Waals surface area (Å²) < 4.78 is 6.06. The van der Waals surface area contributed by atoms with Gasteiger partial charge >= 0.3 is 0 Å². The topological polar surface area (TPSA) is 52.3 Å². The van der Waals surface area contributed by atoms with E-state index in [0.717, 1.165) is 38.7 Å². The van der Waals surface area contributed by atoms with Crippen LogP contribution in [0, 0.1) is 5.92 Å². The van der Waals surface area contributed by atoms with Crippen molar-refractivity contribution in [2.75, 3.05) is 6.61 Å². The Morgan fingerprint density at radius 3 is 2.63 bits per heavy atom. The number of ether oxygens (including phenoxy) is 1. The number of carbonyl (C=O) groups is 1. The first kappa shape index (κ1) is 15.0. The summed E-state index contributed by atoms with van der Waals surface area (Å²) in [6.07, 6.45) is 9.43. The molecule has 1 atom stereocenters. The van der Waals surface area contributed by atoms with Crippen molar-refractivity contribution in [2.24, 2.45) is 11.7 Å². The molecular weight excluding hydrogens is 238 g/mol. The highest BCUT2D eigenvalue weighted by molar-refractivity contribution is 5.81. The van der Waals surface area contributed by atoms with E-state index in [1.807, 2.05) is 13.8 Å². The van der Waals surface area contributed by atoms with Crippen LogP contribution in [-0.2, 0) is 9.53 Å². The minimum atomic E-state index is -0.233. The molecule has 1 saturated heterocycles. The minimum Gasteiger partial charge on any atom is -0.375 e. The zero-order valence-electron chi connectivity index (χ0n) is 12.5. The lowest BCUT2D eigenvalue weighted by atomic mass is 9.74. The van der Waals surface area contributed by atoms with Gasteiger partial charge in [-0.15, -0.1) is 0 Å². The standard InChI is InChI=1S/C16H29NO2/c1-15(2,17)10-6-14(18)13-7-11-19-16(12-13)8-4-3-5-9-16/h13H,3-12,17H2,1-2H3. The van der Waals surface area contributed by atoms with Crippen LogP contribution in [-0.4, -0.2) is 23.5 Å². The fourth-order valence-corrected chi connectivity index (χ4v) is 3.50. The fraction of sp³-hybridized carbons (Fsp3) is 0.938. The molecule has 0 amide bonds. The summed E-state index contributed by atoms with van der Waals surface area (Å²) in [4.78, 5) is 12.4. The Labute approximate surface area is 117 Å². The average Bonchev–Trinajstić information content (AvgIpc) is 2.36. The number of ketones is 1. The summed E-state index contributed by atoms with van der Waals surface area (Å²) in [5.41, 5.74) is 5.78. The number of carbonyl (C=O) groups excluding carboxylic acids is 1. The molecule has 2 N–H and O–H groups in total. The smallest absolute Gasteiger partial charge is 0.136 e. The second-order valence-corrected chi connectivity index (χ2v) is 7.24. The van der Waals surface area contributed by atoms with Gasteiger partial charge in [0.2, 0.25) is 0 Å². The van der Waals surface area contributed by atoms with E-state index < -0.39 is 0 Å². The van der Waals surface area contributed by atoms with Gasteiger partial charge in [0.05, 0.1) is 5.60 Å². The molecular formula is C16H29NO2. The van der Waals surface area contributed by atoms with E-state index in [-0.39, 0.29) is 17.1 Å². The summed E-state index contributed by atoms with van der Waals surface area (Å²) in [5, 5.41) is 0. The van der Waals surface area contributed by atoms with Crippen molar-refractivity contribution in [3.63, 3.8) is 0 Å². The molecule has 3 nitrogen and oxygen atoms in total. The highest BCUT2D eigenvalue weighted by Crippen LogP contribution is 2.41. The number of nitrogens with two attached hydrogens (primary N) is 1. The van der Waals surface area contributed by atoms with Gasteiger partial charge in [0, 0.05) is 24.5 Å². The Morgan fingerprint density at radius 2 is 2.00 bits per heavy atom. The average molecular weight is 267 g/mol. The van der Waals surface area contributed by atoms with Crippen LogP contribution < -0.4 is 5.73 Å². The summed E-state index contributed by atoms with van der Waals surface area (Å²) in [5.74, 6) is 0.626. The summed E-state index contributed by atoms with van der Waals surface area (Å²) in [6.45, 7) is 4.75. The Balaban J connectivity index is 1.88. The number of hydrogen-bond acceptors (Lipinski definition) is 3. The monoisotopic (exact) mass is 267 g/mol. The first-order chi connectivity index (χ1) is 8.90. The van der Waals surface area contributed by atoms with Gasteiger partial charge in [0.25, 0.3) is 0 Å². The van der Waals surface area contributed by atoms with Crippen LogP contribution in [0.5, 0.6) is 0 Å². The SMILES string of the molecule is CC(C)(N)CCC(=O)C1CCOC2(CCCCC2)C1. The predicted molar refractivity (Wildman–Crippen MR) is 77.0 cm³/mol. The third kappa shape index (κ3) is 4.28. The maximum Gasteiger partial charge on any atom is 0.136 e. The molecule has 110 valence electrons. The summed E-state index contributed by atoms with van der Waals surface area (Å²) >= 11 is 0.